The molecule has 0 atom stereocenters. The summed E-state index contributed by atoms with van der Waals surface area (Å²) in [6.45, 7) is 5.77. The van der Waals surface area contributed by atoms with Crippen LogP contribution in [0.5, 0.6) is 11.5 Å². The zero-order chi connectivity index (χ0) is 14.4. The number of ether oxygens (including phenoxy) is 3. The fourth-order valence-electron chi connectivity index (χ4n) is 1.64. The fourth-order valence-corrected chi connectivity index (χ4v) is 1.64. The van der Waals surface area contributed by atoms with Gasteiger partial charge in [0.2, 0.25) is 0 Å². The molecule has 0 aliphatic rings. The molecule has 0 N–H and O–H groups in total. The third-order valence-corrected chi connectivity index (χ3v) is 2.46. The van der Waals surface area contributed by atoms with Gasteiger partial charge in [0.1, 0.15) is 17.1 Å². The molecule has 0 fully saturated rings. The number of hydrogen-bond acceptors (Lipinski definition) is 5. The zero-order valence-corrected chi connectivity index (χ0v) is 11.6. The number of carbonyl (C=O) groups excluding carboxylic acids is 2. The van der Waals surface area contributed by atoms with Crippen LogP contribution in [0.3, 0.4) is 0 Å². The molecule has 0 heterocycles. The van der Waals surface area contributed by atoms with E-state index in [1.54, 1.807) is 13.8 Å². The minimum Gasteiger partial charge on any atom is -0.493 e. The van der Waals surface area contributed by atoms with Gasteiger partial charge in [0.05, 0.1) is 20.3 Å². The summed E-state index contributed by atoms with van der Waals surface area (Å²) in [4.78, 5) is 23.3. The third-order valence-electron chi connectivity index (χ3n) is 2.46. The molecule has 104 valence electrons. The smallest absolute Gasteiger partial charge is 0.345 e. The van der Waals surface area contributed by atoms with Crippen molar-refractivity contribution in [1.29, 1.82) is 0 Å². The second-order valence-corrected chi connectivity index (χ2v) is 3.76. The second kappa shape index (κ2) is 6.78. The molecule has 0 saturated carbocycles. The lowest BCUT2D eigenvalue weighted by molar-refractivity contribution is 0.0591. The quantitative estimate of drug-likeness (QED) is 0.584. The Morgan fingerprint density at radius 2 is 1.53 bits per heavy atom. The molecule has 0 aliphatic carbocycles. The van der Waals surface area contributed by atoms with Gasteiger partial charge < -0.3 is 14.2 Å². The molecule has 1 rings (SSSR count). The first-order valence-electron chi connectivity index (χ1n) is 6.08. The molecule has 5 nitrogen and oxygen atoms in total. The Hall–Kier alpha value is -2.04. The average Bonchev–Trinajstić information content (AvgIpc) is 2.38. The van der Waals surface area contributed by atoms with Crippen molar-refractivity contribution in [2.45, 2.75) is 20.8 Å². The monoisotopic (exact) mass is 266 g/mol. The van der Waals surface area contributed by atoms with Gasteiger partial charge in [-0.15, -0.1) is 0 Å². The summed E-state index contributed by atoms with van der Waals surface area (Å²) in [7, 11) is 1.28. The lowest BCUT2D eigenvalue weighted by Gasteiger charge is -2.15. The number of benzene rings is 1. The van der Waals surface area contributed by atoms with Gasteiger partial charge in [0.15, 0.2) is 5.78 Å². The maximum absolute atomic E-state index is 11.8. The summed E-state index contributed by atoms with van der Waals surface area (Å²) in [5.74, 6) is -0.0867. The topological polar surface area (TPSA) is 61.8 Å². The largest absolute Gasteiger partial charge is 0.493 e. The van der Waals surface area contributed by atoms with Gasteiger partial charge in [0, 0.05) is 5.56 Å². The number of Topliss-reactive ketones (excluding diaryl/α,β-unsaturated/α-hetero) is 1. The molecule has 0 radical (unpaired) electrons. The van der Waals surface area contributed by atoms with E-state index >= 15 is 0 Å². The van der Waals surface area contributed by atoms with E-state index in [9.17, 15) is 9.59 Å². The lowest BCUT2D eigenvalue weighted by atomic mass is 10.1. The highest BCUT2D eigenvalue weighted by Gasteiger charge is 2.22. The Bertz CT molecular complexity index is 452. The van der Waals surface area contributed by atoms with Crippen LogP contribution in [-0.4, -0.2) is 32.1 Å². The van der Waals surface area contributed by atoms with Crippen LogP contribution in [0.25, 0.3) is 0 Å². The molecule has 0 saturated heterocycles. The number of ketones is 1. The molecule has 0 amide bonds. The molecule has 1 aromatic carbocycles. The molecular weight excluding hydrogens is 248 g/mol. The highest BCUT2D eigenvalue weighted by Crippen LogP contribution is 2.32. The van der Waals surface area contributed by atoms with E-state index in [4.69, 9.17) is 14.2 Å². The van der Waals surface area contributed by atoms with Crippen molar-refractivity contribution in [2.24, 2.45) is 0 Å². The molecule has 0 bridgehead atoms. The van der Waals surface area contributed by atoms with Gasteiger partial charge in [-0.1, -0.05) is 0 Å². The lowest BCUT2D eigenvalue weighted by Crippen LogP contribution is -2.10. The van der Waals surface area contributed by atoms with Crippen LogP contribution in [0.1, 0.15) is 41.5 Å². The summed E-state index contributed by atoms with van der Waals surface area (Å²) < 4.78 is 15.5. The van der Waals surface area contributed by atoms with Crippen LogP contribution in [0.4, 0.5) is 0 Å². The van der Waals surface area contributed by atoms with E-state index in [1.807, 2.05) is 0 Å². The zero-order valence-electron chi connectivity index (χ0n) is 11.6. The molecule has 19 heavy (non-hydrogen) atoms. The predicted octanol–water partition coefficient (Wildman–Crippen LogP) is 2.47. The van der Waals surface area contributed by atoms with Crippen molar-refractivity contribution in [2.75, 3.05) is 20.3 Å². The number of rotatable bonds is 6. The maximum atomic E-state index is 11.8. The number of methoxy groups -OCH3 is 1. The van der Waals surface area contributed by atoms with Gasteiger partial charge in [-0.05, 0) is 32.9 Å². The Morgan fingerprint density at radius 3 is 1.84 bits per heavy atom. The van der Waals surface area contributed by atoms with Crippen LogP contribution < -0.4 is 9.47 Å². The summed E-state index contributed by atoms with van der Waals surface area (Å²) in [5, 5.41) is 0. The van der Waals surface area contributed by atoms with Gasteiger partial charge >= 0.3 is 5.97 Å². The van der Waals surface area contributed by atoms with Gasteiger partial charge in [-0.2, -0.15) is 0 Å². The van der Waals surface area contributed by atoms with Crippen LogP contribution in [0.2, 0.25) is 0 Å². The molecule has 0 aromatic heterocycles. The highest BCUT2D eigenvalue weighted by atomic mass is 16.5. The fraction of sp³-hybridized carbons (Fsp3) is 0.429. The summed E-state index contributed by atoms with van der Waals surface area (Å²) >= 11 is 0. The average molecular weight is 266 g/mol. The number of esters is 1. The number of carbonyl (C=O) groups is 2. The van der Waals surface area contributed by atoms with Gasteiger partial charge in [0.25, 0.3) is 0 Å². The Balaban J connectivity index is 3.45. The van der Waals surface area contributed by atoms with E-state index < -0.39 is 5.97 Å². The molecule has 0 unspecified atom stereocenters. The van der Waals surface area contributed by atoms with Crippen molar-refractivity contribution >= 4 is 11.8 Å². The molecule has 1 aromatic rings. The highest BCUT2D eigenvalue weighted by molar-refractivity contribution is 6.00. The van der Waals surface area contributed by atoms with E-state index in [0.29, 0.717) is 30.3 Å². The second-order valence-electron chi connectivity index (χ2n) is 3.76. The van der Waals surface area contributed by atoms with Crippen LogP contribution in [-0.2, 0) is 4.74 Å². The van der Waals surface area contributed by atoms with Gasteiger partial charge in [-0.25, -0.2) is 4.79 Å². The van der Waals surface area contributed by atoms with Crippen molar-refractivity contribution in [3.8, 4) is 11.5 Å². The summed E-state index contributed by atoms with van der Waals surface area (Å²) in [6, 6.07) is 3.06. The first-order chi connectivity index (χ1) is 9.04. The predicted molar refractivity (Wildman–Crippen MR) is 70.1 cm³/mol. The van der Waals surface area contributed by atoms with Crippen LogP contribution in [0.15, 0.2) is 12.1 Å². The normalized spacial score (nSPS) is 9.89. The minimum atomic E-state index is -0.554. The Kier molecular flexibility index (Phi) is 5.36. The van der Waals surface area contributed by atoms with Gasteiger partial charge in [-0.3, -0.25) is 4.79 Å². The molecule has 0 spiro atoms. The third kappa shape index (κ3) is 3.47. The van der Waals surface area contributed by atoms with Crippen LogP contribution >= 0.6 is 0 Å². The maximum Gasteiger partial charge on any atom is 0.345 e. The van der Waals surface area contributed by atoms with Crippen LogP contribution in [0, 0.1) is 0 Å². The van der Waals surface area contributed by atoms with E-state index in [-0.39, 0.29) is 11.3 Å². The minimum absolute atomic E-state index is 0.127. The van der Waals surface area contributed by atoms with E-state index in [0.717, 1.165) is 0 Å². The van der Waals surface area contributed by atoms with Crippen molar-refractivity contribution in [3.63, 3.8) is 0 Å². The molecule has 5 heteroatoms. The molecule has 0 aliphatic heterocycles. The Labute approximate surface area is 112 Å². The number of hydrogen-bond donors (Lipinski definition) is 0. The van der Waals surface area contributed by atoms with Crippen molar-refractivity contribution in [1.82, 2.24) is 0 Å². The SMILES string of the molecule is CCOc1cc(C(C)=O)cc(OCC)c1C(=O)OC. The standard InChI is InChI=1S/C14H18O5/c1-5-18-11-7-10(9(3)15)8-12(19-6-2)13(11)14(16)17-4/h7-8H,5-6H2,1-4H3. The Morgan fingerprint density at radius 1 is 1.05 bits per heavy atom. The summed E-state index contributed by atoms with van der Waals surface area (Å²) in [6.07, 6.45) is 0. The van der Waals surface area contributed by atoms with Crippen molar-refractivity contribution < 1.29 is 23.8 Å². The first kappa shape index (κ1) is 15.0. The molecular formula is C14H18O5. The first-order valence-corrected chi connectivity index (χ1v) is 6.08. The van der Waals surface area contributed by atoms with E-state index in [2.05, 4.69) is 0 Å². The van der Waals surface area contributed by atoms with Crippen molar-refractivity contribution in [3.05, 3.63) is 23.3 Å². The van der Waals surface area contributed by atoms with E-state index in [1.165, 1.54) is 26.2 Å². The summed E-state index contributed by atoms with van der Waals surface area (Å²) in [5.41, 5.74) is 0.635.